The zero-order valence-electron chi connectivity index (χ0n) is 11.7. The van der Waals surface area contributed by atoms with Crippen LogP contribution in [0.3, 0.4) is 0 Å². The summed E-state index contributed by atoms with van der Waals surface area (Å²) in [7, 11) is 3.34. The van der Waals surface area contributed by atoms with E-state index in [1.165, 1.54) is 7.11 Å². The van der Waals surface area contributed by atoms with Gasteiger partial charge in [0.2, 0.25) is 5.91 Å². The summed E-state index contributed by atoms with van der Waals surface area (Å²) in [6.07, 6.45) is -0.595. The Morgan fingerprint density at radius 1 is 1.42 bits per heavy atom. The van der Waals surface area contributed by atoms with Crippen molar-refractivity contribution in [2.45, 2.75) is 19.1 Å². The van der Waals surface area contributed by atoms with E-state index < -0.39 is 6.10 Å². The molecule has 2 N–H and O–H groups in total. The Labute approximate surface area is 114 Å². The van der Waals surface area contributed by atoms with Crippen LogP contribution in [0.25, 0.3) is 0 Å². The van der Waals surface area contributed by atoms with Crippen LogP contribution in [0.2, 0.25) is 0 Å². The molecule has 0 fully saturated rings. The molecule has 1 amide bonds. The maximum atomic E-state index is 12.0. The molecule has 1 rings (SSSR count). The Balaban J connectivity index is 2.47. The van der Waals surface area contributed by atoms with Crippen molar-refractivity contribution in [3.05, 3.63) is 30.3 Å². The molecule has 0 spiro atoms. The lowest BCUT2D eigenvalue weighted by molar-refractivity contribution is -0.120. The molecule has 0 aliphatic carbocycles. The summed E-state index contributed by atoms with van der Waals surface area (Å²) in [5.41, 5.74) is 0.769. The van der Waals surface area contributed by atoms with Crippen molar-refractivity contribution in [1.29, 1.82) is 0 Å². The first-order valence-corrected chi connectivity index (χ1v) is 6.27. The molecule has 19 heavy (non-hydrogen) atoms. The Kier molecular flexibility index (Phi) is 6.49. The second kappa shape index (κ2) is 7.89. The number of anilines is 1. The van der Waals surface area contributed by atoms with Crippen molar-refractivity contribution in [3.63, 3.8) is 0 Å². The van der Waals surface area contributed by atoms with Crippen LogP contribution in [0.5, 0.6) is 0 Å². The summed E-state index contributed by atoms with van der Waals surface area (Å²) in [5, 5.41) is 12.5. The smallest absolute Gasteiger partial charge is 0.241 e. The fourth-order valence-corrected chi connectivity index (χ4v) is 1.70. The van der Waals surface area contributed by atoms with Crippen LogP contribution < -0.4 is 5.32 Å². The number of nitrogens with zero attached hydrogens (tertiary/aromatic N) is 1. The van der Waals surface area contributed by atoms with Crippen LogP contribution in [0.4, 0.5) is 5.69 Å². The first-order chi connectivity index (χ1) is 9.04. The zero-order chi connectivity index (χ0) is 14.3. The van der Waals surface area contributed by atoms with Crippen LogP contribution in [-0.2, 0) is 9.53 Å². The molecule has 0 radical (unpaired) electrons. The molecule has 0 aliphatic rings. The number of carbonyl (C=O) groups excluding carboxylic acids is 1. The summed E-state index contributed by atoms with van der Waals surface area (Å²) in [4.78, 5) is 13.8. The summed E-state index contributed by atoms with van der Waals surface area (Å²) in [6.45, 7) is 2.45. The fraction of sp³-hybridized carbons (Fsp3) is 0.500. The van der Waals surface area contributed by atoms with E-state index in [9.17, 15) is 9.90 Å². The number of carbonyl (C=O) groups is 1. The molecular formula is C14H22N2O3. The number of hydrogen-bond acceptors (Lipinski definition) is 4. The number of hydrogen-bond donors (Lipinski definition) is 2. The number of amides is 1. The maximum absolute atomic E-state index is 12.0. The van der Waals surface area contributed by atoms with E-state index in [1.807, 2.05) is 30.3 Å². The van der Waals surface area contributed by atoms with Crippen molar-refractivity contribution in [2.75, 3.05) is 32.6 Å². The van der Waals surface area contributed by atoms with Gasteiger partial charge in [0.25, 0.3) is 0 Å². The molecule has 2 unspecified atom stereocenters. The second-order valence-electron chi connectivity index (χ2n) is 4.58. The van der Waals surface area contributed by atoms with Crippen molar-refractivity contribution in [3.8, 4) is 0 Å². The fourth-order valence-electron chi connectivity index (χ4n) is 1.70. The third-order valence-corrected chi connectivity index (χ3v) is 2.94. The van der Waals surface area contributed by atoms with E-state index in [-0.39, 0.29) is 18.6 Å². The van der Waals surface area contributed by atoms with Crippen LogP contribution >= 0.6 is 0 Å². The summed E-state index contributed by atoms with van der Waals surface area (Å²) >= 11 is 0. The highest BCUT2D eigenvalue weighted by Crippen LogP contribution is 2.07. The number of rotatable bonds is 7. The van der Waals surface area contributed by atoms with Gasteiger partial charge in [0.15, 0.2) is 0 Å². The Bertz CT molecular complexity index is 384. The number of likely N-dealkylation sites (N-methyl/N-ethyl adjacent to an activating group) is 1. The first kappa shape index (κ1) is 15.6. The van der Waals surface area contributed by atoms with Gasteiger partial charge in [0.1, 0.15) is 0 Å². The quantitative estimate of drug-likeness (QED) is 0.771. The second-order valence-corrected chi connectivity index (χ2v) is 4.58. The Morgan fingerprint density at radius 3 is 2.63 bits per heavy atom. The average molecular weight is 266 g/mol. The molecule has 106 valence electrons. The molecular weight excluding hydrogens is 244 g/mol. The lowest BCUT2D eigenvalue weighted by atomic mass is 10.2. The molecule has 0 bridgehead atoms. The first-order valence-electron chi connectivity index (χ1n) is 6.27. The molecule has 0 aromatic heterocycles. The van der Waals surface area contributed by atoms with Crippen LogP contribution in [0.15, 0.2) is 30.3 Å². The predicted molar refractivity (Wildman–Crippen MR) is 75.0 cm³/mol. The average Bonchev–Trinajstić information content (AvgIpc) is 2.39. The summed E-state index contributed by atoms with van der Waals surface area (Å²) in [6, 6.07) is 8.98. The molecule has 1 aromatic rings. The molecule has 0 saturated carbocycles. The number of methoxy groups -OCH3 is 1. The van der Waals surface area contributed by atoms with Crippen LogP contribution in [0, 0.1) is 0 Å². The van der Waals surface area contributed by atoms with Gasteiger partial charge in [-0.05, 0) is 26.1 Å². The van der Waals surface area contributed by atoms with E-state index >= 15 is 0 Å². The van der Waals surface area contributed by atoms with Gasteiger partial charge < -0.3 is 15.2 Å². The normalized spacial score (nSPS) is 14.2. The van der Waals surface area contributed by atoms with Gasteiger partial charge in [0.05, 0.1) is 18.8 Å². The van der Waals surface area contributed by atoms with Gasteiger partial charge in [-0.1, -0.05) is 18.2 Å². The minimum Gasteiger partial charge on any atom is -0.389 e. The molecule has 1 aromatic carbocycles. The lowest BCUT2D eigenvalue weighted by Gasteiger charge is -2.25. The van der Waals surface area contributed by atoms with E-state index in [0.29, 0.717) is 6.54 Å². The monoisotopic (exact) mass is 266 g/mol. The minimum atomic E-state index is -0.595. The molecule has 5 nitrogen and oxygen atoms in total. The number of nitrogens with one attached hydrogen (secondary N) is 1. The van der Waals surface area contributed by atoms with E-state index in [1.54, 1.807) is 18.9 Å². The number of aliphatic hydroxyl groups is 1. The van der Waals surface area contributed by atoms with Gasteiger partial charge in [-0.3, -0.25) is 9.69 Å². The highest BCUT2D eigenvalue weighted by atomic mass is 16.5. The van der Waals surface area contributed by atoms with E-state index in [2.05, 4.69) is 5.32 Å². The van der Waals surface area contributed by atoms with Crippen molar-refractivity contribution < 1.29 is 14.6 Å². The Morgan fingerprint density at radius 2 is 2.05 bits per heavy atom. The highest BCUT2D eigenvalue weighted by Gasteiger charge is 2.20. The predicted octanol–water partition coefficient (Wildman–Crippen LogP) is 0.953. The lowest BCUT2D eigenvalue weighted by Crippen LogP contribution is -2.44. The standard InChI is InChI=1S/C14H22N2O3/c1-11(16(2)9-13(17)10-19-3)14(18)15-12-7-5-4-6-8-12/h4-8,11,13,17H,9-10H2,1-3H3,(H,15,18). The number of aliphatic hydroxyl groups excluding tert-OH is 1. The summed E-state index contributed by atoms with van der Waals surface area (Å²) < 4.78 is 4.86. The van der Waals surface area contributed by atoms with Crippen molar-refractivity contribution >= 4 is 11.6 Å². The number of para-hydroxylation sites is 1. The van der Waals surface area contributed by atoms with Crippen LogP contribution in [0.1, 0.15) is 6.92 Å². The number of benzene rings is 1. The van der Waals surface area contributed by atoms with E-state index in [4.69, 9.17) is 4.74 Å². The molecule has 0 heterocycles. The molecule has 5 heteroatoms. The van der Waals surface area contributed by atoms with Gasteiger partial charge in [-0.2, -0.15) is 0 Å². The van der Waals surface area contributed by atoms with Gasteiger partial charge in [0, 0.05) is 19.3 Å². The van der Waals surface area contributed by atoms with Gasteiger partial charge in [-0.15, -0.1) is 0 Å². The van der Waals surface area contributed by atoms with Crippen molar-refractivity contribution in [2.24, 2.45) is 0 Å². The van der Waals surface area contributed by atoms with Gasteiger partial charge in [-0.25, -0.2) is 0 Å². The number of ether oxygens (including phenoxy) is 1. The maximum Gasteiger partial charge on any atom is 0.241 e. The van der Waals surface area contributed by atoms with E-state index in [0.717, 1.165) is 5.69 Å². The highest BCUT2D eigenvalue weighted by molar-refractivity contribution is 5.94. The van der Waals surface area contributed by atoms with Crippen LogP contribution in [-0.4, -0.2) is 55.4 Å². The van der Waals surface area contributed by atoms with Gasteiger partial charge >= 0.3 is 0 Å². The zero-order valence-corrected chi connectivity index (χ0v) is 11.7. The Hall–Kier alpha value is -1.43. The summed E-state index contributed by atoms with van der Waals surface area (Å²) in [5.74, 6) is -0.0988. The molecule has 0 aliphatic heterocycles. The third kappa shape index (κ3) is 5.38. The topological polar surface area (TPSA) is 61.8 Å². The van der Waals surface area contributed by atoms with Crippen molar-refractivity contribution in [1.82, 2.24) is 4.90 Å². The molecule has 2 atom stereocenters. The largest absolute Gasteiger partial charge is 0.389 e. The molecule has 0 saturated heterocycles. The SMILES string of the molecule is COCC(O)CN(C)C(C)C(=O)Nc1ccccc1. The third-order valence-electron chi connectivity index (χ3n) is 2.94. The minimum absolute atomic E-state index is 0.0988.